The molecule has 5 nitrogen and oxygen atoms in total. The van der Waals surface area contributed by atoms with Gasteiger partial charge in [0.2, 0.25) is 5.91 Å². The third-order valence-corrected chi connectivity index (χ3v) is 5.22. The first kappa shape index (κ1) is 16.6. The summed E-state index contributed by atoms with van der Waals surface area (Å²) < 4.78 is 0. The van der Waals surface area contributed by atoms with E-state index in [1.165, 1.54) is 6.42 Å². The number of thiocarbonyl (C=S) groups is 1. The van der Waals surface area contributed by atoms with Crippen LogP contribution in [-0.4, -0.2) is 76.9 Å². The van der Waals surface area contributed by atoms with Gasteiger partial charge in [-0.15, -0.1) is 0 Å². The van der Waals surface area contributed by atoms with Crippen LogP contribution < -0.4 is 5.73 Å². The first-order chi connectivity index (χ1) is 10.0. The van der Waals surface area contributed by atoms with Gasteiger partial charge in [-0.1, -0.05) is 12.2 Å². The van der Waals surface area contributed by atoms with E-state index in [9.17, 15) is 4.79 Å². The lowest BCUT2D eigenvalue weighted by atomic mass is 10.1. The van der Waals surface area contributed by atoms with Crippen molar-refractivity contribution in [3.8, 4) is 0 Å². The van der Waals surface area contributed by atoms with Crippen LogP contribution in [0.1, 0.15) is 33.1 Å². The second-order valence-electron chi connectivity index (χ2n) is 6.21. The number of nitrogens with zero attached hydrogens (tertiary/aromatic N) is 3. The summed E-state index contributed by atoms with van der Waals surface area (Å²) in [6.07, 6.45) is 3.56. The van der Waals surface area contributed by atoms with Crippen LogP contribution >= 0.6 is 12.2 Å². The fraction of sp³-hybridized carbons (Fsp3) is 0.867. The van der Waals surface area contributed by atoms with Gasteiger partial charge < -0.3 is 10.6 Å². The van der Waals surface area contributed by atoms with Gasteiger partial charge in [-0.2, -0.15) is 0 Å². The number of piperidine rings is 1. The fourth-order valence-corrected chi connectivity index (χ4v) is 3.38. The molecule has 0 spiro atoms. The van der Waals surface area contributed by atoms with E-state index in [2.05, 4.69) is 16.7 Å². The van der Waals surface area contributed by atoms with Gasteiger partial charge in [0.05, 0.1) is 17.1 Å². The molecule has 120 valence electrons. The molecule has 2 saturated heterocycles. The molecule has 0 aromatic rings. The number of hydrogen-bond acceptors (Lipinski definition) is 4. The van der Waals surface area contributed by atoms with Crippen LogP contribution in [0.4, 0.5) is 0 Å². The summed E-state index contributed by atoms with van der Waals surface area (Å²) in [5.74, 6) is 0.297. The Balaban J connectivity index is 1.83. The molecular formula is C15H28N4OS. The molecule has 0 radical (unpaired) electrons. The van der Waals surface area contributed by atoms with Crippen molar-refractivity contribution in [1.82, 2.24) is 14.7 Å². The molecule has 2 unspecified atom stereocenters. The van der Waals surface area contributed by atoms with E-state index >= 15 is 0 Å². The molecule has 2 atom stereocenters. The molecule has 2 N–H and O–H groups in total. The number of piperazine rings is 1. The maximum Gasteiger partial charge on any atom is 0.239 e. The van der Waals surface area contributed by atoms with E-state index in [0.29, 0.717) is 10.9 Å². The SMILES string of the molecule is CC(C(=O)N1CCCCC1)N1CCN(C(C)C(N)=S)CC1. The molecule has 2 rings (SSSR count). The molecule has 0 saturated carbocycles. The Morgan fingerprint density at radius 3 is 1.86 bits per heavy atom. The second kappa shape index (κ2) is 7.51. The van der Waals surface area contributed by atoms with Gasteiger partial charge in [0, 0.05) is 39.3 Å². The van der Waals surface area contributed by atoms with Gasteiger partial charge in [0.1, 0.15) is 0 Å². The largest absolute Gasteiger partial charge is 0.392 e. The van der Waals surface area contributed by atoms with Gasteiger partial charge in [-0.05, 0) is 33.1 Å². The number of rotatable bonds is 4. The van der Waals surface area contributed by atoms with Gasteiger partial charge in [-0.25, -0.2) is 0 Å². The van der Waals surface area contributed by atoms with Crippen molar-refractivity contribution in [2.45, 2.75) is 45.2 Å². The molecule has 6 heteroatoms. The standard InChI is InChI=1S/C15H28N4OS/c1-12(14(16)21)17-8-10-18(11-9-17)13(2)15(20)19-6-4-3-5-7-19/h12-13H,3-11H2,1-2H3,(H2,16,21). The molecule has 2 aliphatic heterocycles. The van der Waals surface area contributed by atoms with Crippen molar-refractivity contribution in [1.29, 1.82) is 0 Å². The minimum atomic E-state index is -0.00890. The summed E-state index contributed by atoms with van der Waals surface area (Å²) in [4.78, 5) is 19.7. The zero-order valence-electron chi connectivity index (χ0n) is 13.3. The molecule has 2 aliphatic rings. The van der Waals surface area contributed by atoms with Crippen LogP contribution in [0, 0.1) is 0 Å². The predicted molar refractivity (Wildman–Crippen MR) is 89.3 cm³/mol. The molecule has 0 aromatic carbocycles. The predicted octanol–water partition coefficient (Wildman–Crippen LogP) is 0.680. The molecular weight excluding hydrogens is 284 g/mol. The highest BCUT2D eigenvalue weighted by Crippen LogP contribution is 2.15. The van der Waals surface area contributed by atoms with Crippen LogP contribution in [0.3, 0.4) is 0 Å². The minimum absolute atomic E-state index is 0.00890. The van der Waals surface area contributed by atoms with E-state index in [4.69, 9.17) is 18.0 Å². The van der Waals surface area contributed by atoms with Crippen LogP contribution in [0.5, 0.6) is 0 Å². The normalized spacial score (nSPS) is 24.6. The average Bonchev–Trinajstić information content (AvgIpc) is 2.53. The molecule has 0 bridgehead atoms. The van der Waals surface area contributed by atoms with Crippen LogP contribution in [0.25, 0.3) is 0 Å². The highest BCUT2D eigenvalue weighted by atomic mass is 32.1. The fourth-order valence-electron chi connectivity index (χ4n) is 3.23. The Labute approximate surface area is 133 Å². The van der Waals surface area contributed by atoms with E-state index in [-0.39, 0.29) is 12.1 Å². The molecule has 2 fully saturated rings. The number of carbonyl (C=O) groups is 1. The summed E-state index contributed by atoms with van der Waals surface area (Å²) in [7, 11) is 0. The van der Waals surface area contributed by atoms with Crippen LogP contribution in [0.2, 0.25) is 0 Å². The minimum Gasteiger partial charge on any atom is -0.392 e. The Kier molecular flexibility index (Phi) is 5.96. The van der Waals surface area contributed by atoms with Gasteiger partial charge in [-0.3, -0.25) is 14.6 Å². The molecule has 0 aliphatic carbocycles. The van der Waals surface area contributed by atoms with Crippen molar-refractivity contribution in [2.75, 3.05) is 39.3 Å². The lowest BCUT2D eigenvalue weighted by molar-refractivity contribution is -0.138. The molecule has 0 aromatic heterocycles. The second-order valence-corrected chi connectivity index (χ2v) is 6.68. The van der Waals surface area contributed by atoms with Crippen LogP contribution in [0.15, 0.2) is 0 Å². The number of carbonyl (C=O) groups excluding carboxylic acids is 1. The van der Waals surface area contributed by atoms with E-state index in [0.717, 1.165) is 52.1 Å². The van der Waals surface area contributed by atoms with Crippen LogP contribution in [-0.2, 0) is 4.79 Å². The van der Waals surface area contributed by atoms with Gasteiger partial charge in [0.15, 0.2) is 0 Å². The third-order valence-electron chi connectivity index (χ3n) is 4.88. The van der Waals surface area contributed by atoms with Crippen molar-refractivity contribution < 1.29 is 4.79 Å². The third kappa shape index (κ3) is 4.14. The molecule has 2 heterocycles. The first-order valence-electron chi connectivity index (χ1n) is 8.07. The maximum atomic E-state index is 12.6. The lowest BCUT2D eigenvalue weighted by Gasteiger charge is -2.41. The summed E-state index contributed by atoms with van der Waals surface area (Å²) in [5.41, 5.74) is 5.72. The monoisotopic (exact) mass is 312 g/mol. The van der Waals surface area contributed by atoms with E-state index in [1.807, 2.05) is 11.8 Å². The number of likely N-dealkylation sites (tertiary alicyclic amines) is 1. The number of amides is 1. The zero-order chi connectivity index (χ0) is 15.4. The van der Waals surface area contributed by atoms with Gasteiger partial charge in [0.25, 0.3) is 0 Å². The van der Waals surface area contributed by atoms with Gasteiger partial charge >= 0.3 is 0 Å². The quantitative estimate of drug-likeness (QED) is 0.774. The molecule has 21 heavy (non-hydrogen) atoms. The lowest BCUT2D eigenvalue weighted by Crippen LogP contribution is -2.57. The number of nitrogens with two attached hydrogens (primary N) is 1. The highest BCUT2D eigenvalue weighted by molar-refractivity contribution is 7.80. The van der Waals surface area contributed by atoms with E-state index in [1.54, 1.807) is 0 Å². The van der Waals surface area contributed by atoms with E-state index < -0.39 is 0 Å². The summed E-state index contributed by atoms with van der Waals surface area (Å²) in [5, 5.41) is 0. The molecule has 1 amide bonds. The summed E-state index contributed by atoms with van der Waals surface area (Å²) in [6.45, 7) is 9.64. The zero-order valence-corrected chi connectivity index (χ0v) is 14.1. The average molecular weight is 312 g/mol. The Morgan fingerprint density at radius 2 is 1.38 bits per heavy atom. The smallest absolute Gasteiger partial charge is 0.239 e. The topological polar surface area (TPSA) is 52.8 Å². The first-order valence-corrected chi connectivity index (χ1v) is 8.47. The Morgan fingerprint density at radius 1 is 0.905 bits per heavy atom. The Bertz CT molecular complexity index is 376. The van der Waals surface area contributed by atoms with Crippen molar-refractivity contribution in [3.05, 3.63) is 0 Å². The summed E-state index contributed by atoms with van der Waals surface area (Å²) in [6, 6.07) is 0.139. The Hall–Kier alpha value is -0.720. The maximum absolute atomic E-state index is 12.6. The van der Waals surface area contributed by atoms with Crippen molar-refractivity contribution >= 4 is 23.1 Å². The van der Waals surface area contributed by atoms with Crippen molar-refractivity contribution in [2.24, 2.45) is 5.73 Å². The highest BCUT2D eigenvalue weighted by Gasteiger charge is 2.30. The summed E-state index contributed by atoms with van der Waals surface area (Å²) >= 11 is 5.07. The number of hydrogen-bond donors (Lipinski definition) is 1. The van der Waals surface area contributed by atoms with Crippen molar-refractivity contribution in [3.63, 3.8) is 0 Å².